The van der Waals surface area contributed by atoms with Gasteiger partial charge in [0.1, 0.15) is 5.82 Å². The van der Waals surface area contributed by atoms with Gasteiger partial charge in [-0.25, -0.2) is 9.37 Å². The van der Waals surface area contributed by atoms with E-state index in [0.717, 1.165) is 11.6 Å². The van der Waals surface area contributed by atoms with E-state index >= 15 is 0 Å². The van der Waals surface area contributed by atoms with Gasteiger partial charge in [-0.05, 0) is 24.6 Å². The molecule has 0 N–H and O–H groups in total. The number of piperazine rings is 1. The Bertz CT molecular complexity index is 1090. The molecule has 1 aromatic heterocycles. The van der Waals surface area contributed by atoms with Crippen molar-refractivity contribution in [1.82, 2.24) is 14.8 Å². The Morgan fingerprint density at radius 3 is 2.47 bits per heavy atom. The number of aromatic nitrogens is 1. The second-order valence-electron chi connectivity index (χ2n) is 7.63. The van der Waals surface area contributed by atoms with E-state index in [-0.39, 0.29) is 22.4 Å². The van der Waals surface area contributed by atoms with E-state index in [1.165, 1.54) is 12.1 Å². The normalized spacial score (nSPS) is 13.9. The SMILES string of the molecule is O=C(CCCc1ncc(-c2ccccc2)o1)N1CCN(C(=O)c2ccc(F)cc2Cl)CC1. The minimum absolute atomic E-state index is 0.0479. The van der Waals surface area contributed by atoms with Crippen LogP contribution in [0.3, 0.4) is 0 Å². The highest BCUT2D eigenvalue weighted by Crippen LogP contribution is 2.22. The summed E-state index contributed by atoms with van der Waals surface area (Å²) in [6.45, 7) is 1.75. The van der Waals surface area contributed by atoms with E-state index in [2.05, 4.69) is 4.98 Å². The highest BCUT2D eigenvalue weighted by Gasteiger charge is 2.26. The van der Waals surface area contributed by atoms with Crippen molar-refractivity contribution in [3.8, 4) is 11.3 Å². The van der Waals surface area contributed by atoms with Gasteiger partial charge in [0, 0.05) is 44.6 Å². The fourth-order valence-corrected chi connectivity index (χ4v) is 3.95. The van der Waals surface area contributed by atoms with Gasteiger partial charge in [-0.15, -0.1) is 0 Å². The molecule has 0 unspecified atom stereocenters. The van der Waals surface area contributed by atoms with Crippen molar-refractivity contribution in [2.75, 3.05) is 26.2 Å². The topological polar surface area (TPSA) is 66.7 Å². The number of carbonyl (C=O) groups is 2. The smallest absolute Gasteiger partial charge is 0.255 e. The minimum atomic E-state index is -0.483. The summed E-state index contributed by atoms with van der Waals surface area (Å²) in [5, 5.41) is 0.0930. The lowest BCUT2D eigenvalue weighted by Gasteiger charge is -2.35. The number of hydrogen-bond acceptors (Lipinski definition) is 4. The quantitative estimate of drug-likeness (QED) is 0.551. The zero-order valence-electron chi connectivity index (χ0n) is 17.5. The standard InChI is InChI=1S/C24H23ClFN3O3/c25-20-15-18(26)9-10-19(20)24(31)29-13-11-28(12-14-29)23(30)8-4-7-22-27-16-21(32-22)17-5-2-1-3-6-17/h1-3,5-6,9-10,15-16H,4,7-8,11-14H2. The maximum atomic E-state index is 13.2. The van der Waals surface area contributed by atoms with Crippen LogP contribution in [0.1, 0.15) is 29.1 Å². The highest BCUT2D eigenvalue weighted by molar-refractivity contribution is 6.33. The molecule has 1 aliphatic rings. The van der Waals surface area contributed by atoms with Crippen molar-refractivity contribution in [3.05, 3.63) is 77.0 Å². The molecule has 1 saturated heterocycles. The van der Waals surface area contributed by atoms with E-state index in [1.807, 2.05) is 30.3 Å². The van der Waals surface area contributed by atoms with E-state index in [4.69, 9.17) is 16.0 Å². The molecule has 2 amide bonds. The van der Waals surface area contributed by atoms with Crippen molar-refractivity contribution in [1.29, 1.82) is 0 Å². The molecule has 8 heteroatoms. The van der Waals surface area contributed by atoms with Gasteiger partial charge in [0.25, 0.3) is 5.91 Å². The molecule has 1 fully saturated rings. The summed E-state index contributed by atoms with van der Waals surface area (Å²) in [5.74, 6) is 0.646. The fourth-order valence-electron chi connectivity index (χ4n) is 3.70. The number of rotatable bonds is 6. The summed E-state index contributed by atoms with van der Waals surface area (Å²) in [6, 6.07) is 13.5. The predicted octanol–water partition coefficient (Wildman–Crippen LogP) is 4.44. The molecule has 4 rings (SSSR count). The number of nitrogens with zero attached hydrogens (tertiary/aromatic N) is 3. The second kappa shape index (κ2) is 9.96. The third-order valence-corrected chi connectivity index (χ3v) is 5.79. The Hall–Kier alpha value is -3.19. The Balaban J connectivity index is 1.23. The first-order valence-corrected chi connectivity index (χ1v) is 10.9. The number of carbonyl (C=O) groups excluding carboxylic acids is 2. The molecule has 2 heterocycles. The largest absolute Gasteiger partial charge is 0.441 e. The summed E-state index contributed by atoms with van der Waals surface area (Å²) in [5.41, 5.74) is 1.24. The molecule has 2 aromatic carbocycles. The monoisotopic (exact) mass is 455 g/mol. The molecule has 166 valence electrons. The van der Waals surface area contributed by atoms with Crippen LogP contribution >= 0.6 is 11.6 Å². The van der Waals surface area contributed by atoms with Crippen LogP contribution in [0.5, 0.6) is 0 Å². The number of benzene rings is 2. The van der Waals surface area contributed by atoms with Gasteiger partial charge < -0.3 is 14.2 Å². The van der Waals surface area contributed by atoms with Crippen LogP contribution in [0.4, 0.5) is 4.39 Å². The van der Waals surface area contributed by atoms with Crippen LogP contribution in [-0.2, 0) is 11.2 Å². The van der Waals surface area contributed by atoms with Gasteiger partial charge >= 0.3 is 0 Å². The van der Waals surface area contributed by atoms with Gasteiger partial charge in [0.2, 0.25) is 5.91 Å². The van der Waals surface area contributed by atoms with Crippen molar-refractivity contribution < 1.29 is 18.4 Å². The van der Waals surface area contributed by atoms with E-state index in [1.54, 1.807) is 16.0 Å². The molecule has 6 nitrogen and oxygen atoms in total. The Morgan fingerprint density at radius 1 is 1.03 bits per heavy atom. The number of amides is 2. The number of aryl methyl sites for hydroxylation is 1. The molecule has 3 aromatic rings. The zero-order chi connectivity index (χ0) is 22.5. The second-order valence-corrected chi connectivity index (χ2v) is 8.04. The van der Waals surface area contributed by atoms with Crippen LogP contribution in [0.25, 0.3) is 11.3 Å². The van der Waals surface area contributed by atoms with Crippen LogP contribution in [-0.4, -0.2) is 52.8 Å². The maximum absolute atomic E-state index is 13.2. The molecule has 0 spiro atoms. The highest BCUT2D eigenvalue weighted by atomic mass is 35.5. The Morgan fingerprint density at radius 2 is 1.75 bits per heavy atom. The lowest BCUT2D eigenvalue weighted by Crippen LogP contribution is -2.50. The average molecular weight is 456 g/mol. The molecule has 0 atom stereocenters. The van der Waals surface area contributed by atoms with Gasteiger partial charge in [-0.3, -0.25) is 9.59 Å². The van der Waals surface area contributed by atoms with Crippen LogP contribution in [0.15, 0.2) is 59.1 Å². The first kappa shape index (κ1) is 22.0. The fraction of sp³-hybridized carbons (Fsp3) is 0.292. The van der Waals surface area contributed by atoms with Crippen LogP contribution in [0.2, 0.25) is 5.02 Å². The third kappa shape index (κ3) is 5.16. The first-order valence-electron chi connectivity index (χ1n) is 10.5. The maximum Gasteiger partial charge on any atom is 0.255 e. The van der Waals surface area contributed by atoms with Gasteiger partial charge in [-0.1, -0.05) is 41.9 Å². The summed E-state index contributed by atoms with van der Waals surface area (Å²) < 4.78 is 19.0. The molecule has 32 heavy (non-hydrogen) atoms. The van der Waals surface area contributed by atoms with Gasteiger partial charge in [0.05, 0.1) is 16.8 Å². The van der Waals surface area contributed by atoms with Gasteiger partial charge in [-0.2, -0.15) is 0 Å². The van der Waals surface area contributed by atoms with Crippen molar-refractivity contribution in [2.45, 2.75) is 19.3 Å². The third-order valence-electron chi connectivity index (χ3n) is 5.47. The summed E-state index contributed by atoms with van der Waals surface area (Å²) in [6.07, 6.45) is 3.31. The molecule has 1 aliphatic heterocycles. The summed E-state index contributed by atoms with van der Waals surface area (Å²) in [7, 11) is 0. The van der Waals surface area contributed by atoms with E-state index in [9.17, 15) is 14.0 Å². The van der Waals surface area contributed by atoms with Crippen LogP contribution in [0, 0.1) is 5.82 Å². The predicted molar refractivity (Wildman–Crippen MR) is 119 cm³/mol. The molecular weight excluding hydrogens is 433 g/mol. The summed E-state index contributed by atoms with van der Waals surface area (Å²) in [4.78, 5) is 32.9. The summed E-state index contributed by atoms with van der Waals surface area (Å²) >= 11 is 6.00. The van der Waals surface area contributed by atoms with Crippen LogP contribution < -0.4 is 0 Å². The van der Waals surface area contributed by atoms with Gasteiger partial charge in [0.15, 0.2) is 11.7 Å². The van der Waals surface area contributed by atoms with Crippen molar-refractivity contribution in [2.24, 2.45) is 0 Å². The zero-order valence-corrected chi connectivity index (χ0v) is 18.2. The van der Waals surface area contributed by atoms with Crippen molar-refractivity contribution in [3.63, 3.8) is 0 Å². The van der Waals surface area contributed by atoms with E-state index in [0.29, 0.717) is 57.1 Å². The minimum Gasteiger partial charge on any atom is -0.441 e. The van der Waals surface area contributed by atoms with E-state index < -0.39 is 5.82 Å². The lowest BCUT2D eigenvalue weighted by atomic mass is 10.1. The molecule has 0 bridgehead atoms. The Labute approximate surface area is 190 Å². The molecule has 0 radical (unpaired) electrons. The first-order chi connectivity index (χ1) is 15.5. The number of oxazole rings is 1. The molecule has 0 aliphatic carbocycles. The number of halogens is 2. The Kier molecular flexibility index (Phi) is 6.85. The molecular formula is C24H23ClFN3O3. The molecule has 0 saturated carbocycles. The van der Waals surface area contributed by atoms with Crippen molar-refractivity contribution >= 4 is 23.4 Å². The lowest BCUT2D eigenvalue weighted by molar-refractivity contribution is -0.132. The average Bonchev–Trinajstić information content (AvgIpc) is 3.28. The number of hydrogen-bond donors (Lipinski definition) is 0.